The first-order chi connectivity index (χ1) is 7.67. The Hall–Kier alpha value is -2.09. The number of aromatic nitrogens is 1. The van der Waals surface area contributed by atoms with Crippen LogP contribution in [0.25, 0.3) is 0 Å². The largest absolute Gasteiger partial charge is 0.480 e. The molecule has 0 saturated heterocycles. The Morgan fingerprint density at radius 2 is 2.38 bits per heavy atom. The van der Waals surface area contributed by atoms with Gasteiger partial charge in [-0.1, -0.05) is 6.92 Å². The number of nitriles is 1. The molecular weight excluding hydrogens is 206 g/mol. The van der Waals surface area contributed by atoms with E-state index in [1.54, 1.807) is 17.0 Å². The molecule has 1 rings (SSSR count). The highest BCUT2D eigenvalue weighted by Crippen LogP contribution is 2.13. The number of anilines is 1. The lowest BCUT2D eigenvalue weighted by Crippen LogP contribution is -2.30. The highest BCUT2D eigenvalue weighted by molar-refractivity contribution is 5.73. The smallest absolute Gasteiger partial charge is 0.323 e. The summed E-state index contributed by atoms with van der Waals surface area (Å²) in [5.41, 5.74) is 1.05. The summed E-state index contributed by atoms with van der Waals surface area (Å²) >= 11 is 0. The van der Waals surface area contributed by atoms with Gasteiger partial charge in [0.2, 0.25) is 0 Å². The average molecular weight is 219 g/mol. The second kappa shape index (κ2) is 5.71. The van der Waals surface area contributed by atoms with Gasteiger partial charge in [0.15, 0.2) is 0 Å². The fraction of sp³-hybridized carbons (Fsp3) is 0.364. The van der Waals surface area contributed by atoms with Gasteiger partial charge in [-0.25, -0.2) is 4.98 Å². The molecule has 0 aromatic carbocycles. The van der Waals surface area contributed by atoms with Crippen molar-refractivity contribution in [1.82, 2.24) is 4.98 Å². The van der Waals surface area contributed by atoms with E-state index >= 15 is 0 Å². The number of rotatable bonds is 5. The van der Waals surface area contributed by atoms with E-state index in [1.165, 1.54) is 6.20 Å². The van der Waals surface area contributed by atoms with Gasteiger partial charge in [0.1, 0.15) is 18.3 Å². The van der Waals surface area contributed by atoms with E-state index in [1.807, 2.05) is 13.0 Å². The van der Waals surface area contributed by atoms with Crippen molar-refractivity contribution in [2.45, 2.75) is 13.3 Å². The number of carbonyl (C=O) groups is 1. The van der Waals surface area contributed by atoms with Crippen LogP contribution in [0.3, 0.4) is 0 Å². The van der Waals surface area contributed by atoms with Gasteiger partial charge >= 0.3 is 5.97 Å². The molecule has 0 bridgehead atoms. The van der Waals surface area contributed by atoms with E-state index in [0.29, 0.717) is 12.2 Å². The van der Waals surface area contributed by atoms with Gasteiger partial charge in [-0.3, -0.25) is 4.79 Å². The molecule has 84 valence electrons. The van der Waals surface area contributed by atoms with Crippen molar-refractivity contribution in [1.29, 1.82) is 5.26 Å². The summed E-state index contributed by atoms with van der Waals surface area (Å²) in [4.78, 5) is 16.3. The number of hydrogen-bond donors (Lipinski definition) is 1. The molecule has 0 spiro atoms. The molecule has 1 aromatic rings. The van der Waals surface area contributed by atoms with Gasteiger partial charge in [-0.05, 0) is 18.6 Å². The molecule has 0 fully saturated rings. The fourth-order valence-corrected chi connectivity index (χ4v) is 1.37. The number of carboxylic acid groups (broad SMARTS) is 1. The summed E-state index contributed by atoms with van der Waals surface area (Å²) in [7, 11) is 0. The number of hydrogen-bond acceptors (Lipinski definition) is 4. The minimum absolute atomic E-state index is 0.0541. The Morgan fingerprint density at radius 3 is 2.81 bits per heavy atom. The van der Waals surface area contributed by atoms with Crippen molar-refractivity contribution in [2.24, 2.45) is 0 Å². The van der Waals surface area contributed by atoms with Crippen LogP contribution < -0.4 is 4.90 Å². The molecule has 16 heavy (non-hydrogen) atoms. The Balaban J connectivity index is 2.84. The molecule has 0 aliphatic carbocycles. The monoisotopic (exact) mass is 219 g/mol. The molecule has 5 nitrogen and oxygen atoms in total. The average Bonchev–Trinajstić information content (AvgIpc) is 2.28. The zero-order valence-electron chi connectivity index (χ0n) is 9.05. The molecule has 0 aliphatic rings. The van der Waals surface area contributed by atoms with Gasteiger partial charge in [0.25, 0.3) is 0 Å². The first-order valence-electron chi connectivity index (χ1n) is 5.00. The minimum Gasteiger partial charge on any atom is -0.480 e. The highest BCUT2D eigenvalue weighted by Gasteiger charge is 2.09. The molecule has 1 heterocycles. The van der Waals surface area contributed by atoms with Gasteiger partial charge in [0, 0.05) is 6.54 Å². The highest BCUT2D eigenvalue weighted by atomic mass is 16.4. The summed E-state index contributed by atoms with van der Waals surface area (Å²) in [6.45, 7) is 2.58. The van der Waals surface area contributed by atoms with Crippen LogP contribution in [0.15, 0.2) is 18.3 Å². The van der Waals surface area contributed by atoms with Crippen molar-refractivity contribution in [3.8, 4) is 6.07 Å². The summed E-state index contributed by atoms with van der Waals surface area (Å²) in [5, 5.41) is 17.4. The van der Waals surface area contributed by atoms with Crippen LogP contribution in [0.4, 0.5) is 5.69 Å². The van der Waals surface area contributed by atoms with Crippen molar-refractivity contribution < 1.29 is 9.90 Å². The standard InChI is InChI=1S/C11H13N3O2/c1-2-5-14(8-11(15)16)10-4-3-9(6-12)13-7-10/h3-4,7H,2,5,8H2,1H3,(H,15,16). The van der Waals surface area contributed by atoms with E-state index in [4.69, 9.17) is 10.4 Å². The maximum atomic E-state index is 10.7. The third-order valence-electron chi connectivity index (χ3n) is 2.05. The molecule has 0 atom stereocenters. The van der Waals surface area contributed by atoms with Crippen LogP contribution in [0.1, 0.15) is 19.0 Å². The lowest BCUT2D eigenvalue weighted by atomic mass is 10.3. The summed E-state index contributed by atoms with van der Waals surface area (Å²) in [5.74, 6) is -0.877. The third-order valence-corrected chi connectivity index (χ3v) is 2.05. The van der Waals surface area contributed by atoms with E-state index < -0.39 is 5.97 Å². The van der Waals surface area contributed by atoms with Gasteiger partial charge in [-0.15, -0.1) is 0 Å². The molecule has 0 aliphatic heterocycles. The molecule has 5 heteroatoms. The number of carboxylic acids is 1. The zero-order valence-corrected chi connectivity index (χ0v) is 9.05. The molecule has 1 aromatic heterocycles. The predicted molar refractivity (Wildman–Crippen MR) is 59.1 cm³/mol. The second-order valence-corrected chi connectivity index (χ2v) is 3.33. The van der Waals surface area contributed by atoms with Crippen LogP contribution in [0, 0.1) is 11.3 Å². The van der Waals surface area contributed by atoms with Crippen molar-refractivity contribution in [2.75, 3.05) is 18.0 Å². The first kappa shape index (κ1) is 12.0. The van der Waals surface area contributed by atoms with Gasteiger partial charge in [-0.2, -0.15) is 5.26 Å². The summed E-state index contributed by atoms with van der Waals surface area (Å²) < 4.78 is 0. The molecule has 0 amide bonds. The number of aliphatic carboxylic acids is 1. The summed E-state index contributed by atoms with van der Waals surface area (Å²) in [6.07, 6.45) is 2.38. The molecule has 0 saturated carbocycles. The van der Waals surface area contributed by atoms with Crippen LogP contribution in [0.5, 0.6) is 0 Å². The number of nitrogens with zero attached hydrogens (tertiary/aromatic N) is 3. The Kier molecular flexibility index (Phi) is 4.28. The quantitative estimate of drug-likeness (QED) is 0.806. The van der Waals surface area contributed by atoms with E-state index in [0.717, 1.165) is 12.1 Å². The minimum atomic E-state index is -0.877. The van der Waals surface area contributed by atoms with E-state index in [-0.39, 0.29) is 6.54 Å². The normalized spacial score (nSPS) is 9.50. The zero-order chi connectivity index (χ0) is 12.0. The maximum absolute atomic E-state index is 10.7. The van der Waals surface area contributed by atoms with E-state index in [9.17, 15) is 4.79 Å². The van der Waals surface area contributed by atoms with Crippen LogP contribution in [-0.4, -0.2) is 29.1 Å². The van der Waals surface area contributed by atoms with Crippen LogP contribution in [0.2, 0.25) is 0 Å². The van der Waals surface area contributed by atoms with Crippen molar-refractivity contribution in [3.05, 3.63) is 24.0 Å². The fourth-order valence-electron chi connectivity index (χ4n) is 1.37. The Bertz CT molecular complexity index is 395. The first-order valence-corrected chi connectivity index (χ1v) is 5.00. The van der Waals surface area contributed by atoms with Crippen LogP contribution >= 0.6 is 0 Å². The van der Waals surface area contributed by atoms with Gasteiger partial charge in [0.05, 0.1) is 11.9 Å². The molecule has 0 unspecified atom stereocenters. The molecular formula is C11H13N3O2. The maximum Gasteiger partial charge on any atom is 0.323 e. The SMILES string of the molecule is CCCN(CC(=O)O)c1ccc(C#N)nc1. The Morgan fingerprint density at radius 1 is 1.62 bits per heavy atom. The lowest BCUT2D eigenvalue weighted by molar-refractivity contribution is -0.135. The second-order valence-electron chi connectivity index (χ2n) is 3.33. The molecule has 0 radical (unpaired) electrons. The lowest BCUT2D eigenvalue weighted by Gasteiger charge is -2.21. The van der Waals surface area contributed by atoms with Crippen molar-refractivity contribution >= 4 is 11.7 Å². The van der Waals surface area contributed by atoms with E-state index in [2.05, 4.69) is 4.98 Å². The van der Waals surface area contributed by atoms with Crippen LogP contribution in [-0.2, 0) is 4.79 Å². The molecule has 1 N–H and O–H groups in total. The van der Waals surface area contributed by atoms with Gasteiger partial charge < -0.3 is 10.0 Å². The predicted octanol–water partition coefficient (Wildman–Crippen LogP) is 1.25. The van der Waals surface area contributed by atoms with Crippen molar-refractivity contribution in [3.63, 3.8) is 0 Å². The third kappa shape index (κ3) is 3.24. The Labute approximate surface area is 93.9 Å². The topological polar surface area (TPSA) is 77.2 Å². The summed E-state index contributed by atoms with van der Waals surface area (Å²) in [6, 6.07) is 5.22. The number of pyridine rings is 1.